The molecule has 0 radical (unpaired) electrons. The van der Waals surface area contributed by atoms with Gasteiger partial charge in [0.1, 0.15) is 10.6 Å². The third-order valence-electron chi connectivity index (χ3n) is 4.45. The standard InChI is InChI=1S/C17H24ClN5O2S/c1-10(12-7-6-8-22(12)16(24)25-17(2,3)4)23-13-11(9-19-23)14(26-5)21-15(18)20-13/h9-10,12H,6-8H2,1-5H3/t10-,12-/m0/s1. The highest BCUT2D eigenvalue weighted by molar-refractivity contribution is 7.98. The van der Waals surface area contributed by atoms with Crippen LogP contribution >= 0.6 is 23.4 Å². The topological polar surface area (TPSA) is 73.1 Å². The number of halogens is 1. The summed E-state index contributed by atoms with van der Waals surface area (Å²) in [7, 11) is 0. The van der Waals surface area contributed by atoms with E-state index in [0.717, 1.165) is 23.3 Å². The second-order valence-corrected chi connectivity index (χ2v) is 8.59. The van der Waals surface area contributed by atoms with Crippen LogP contribution in [-0.2, 0) is 4.74 Å². The summed E-state index contributed by atoms with van der Waals surface area (Å²) >= 11 is 7.59. The van der Waals surface area contributed by atoms with E-state index in [1.54, 1.807) is 6.20 Å². The zero-order valence-corrected chi connectivity index (χ0v) is 17.3. The van der Waals surface area contributed by atoms with Gasteiger partial charge in [0, 0.05) is 6.54 Å². The molecule has 0 saturated carbocycles. The molecule has 0 aromatic carbocycles. The van der Waals surface area contributed by atoms with Crippen molar-refractivity contribution in [1.82, 2.24) is 24.6 Å². The van der Waals surface area contributed by atoms with Gasteiger partial charge in [0.05, 0.1) is 23.7 Å². The van der Waals surface area contributed by atoms with Crippen LogP contribution in [0.15, 0.2) is 11.2 Å². The first-order valence-electron chi connectivity index (χ1n) is 8.65. The molecule has 0 aliphatic carbocycles. The Hall–Kier alpha value is -1.54. The number of likely N-dealkylation sites (tertiary alicyclic amines) is 1. The van der Waals surface area contributed by atoms with Gasteiger partial charge in [-0.2, -0.15) is 10.1 Å². The van der Waals surface area contributed by atoms with E-state index in [1.165, 1.54) is 11.8 Å². The van der Waals surface area contributed by atoms with Crippen molar-refractivity contribution in [2.75, 3.05) is 12.8 Å². The van der Waals surface area contributed by atoms with Crippen LogP contribution in [0.2, 0.25) is 5.28 Å². The smallest absolute Gasteiger partial charge is 0.410 e. The van der Waals surface area contributed by atoms with Crippen LogP contribution in [-0.4, -0.2) is 55.2 Å². The normalized spacial score (nSPS) is 19.2. The number of fused-ring (bicyclic) bond motifs is 1. The number of rotatable bonds is 3. The Morgan fingerprint density at radius 1 is 1.42 bits per heavy atom. The lowest BCUT2D eigenvalue weighted by Gasteiger charge is -2.31. The zero-order valence-electron chi connectivity index (χ0n) is 15.7. The van der Waals surface area contributed by atoms with Gasteiger partial charge in [0.2, 0.25) is 5.28 Å². The molecule has 0 spiro atoms. The Balaban J connectivity index is 1.91. The molecule has 1 amide bonds. The van der Waals surface area contributed by atoms with Gasteiger partial charge in [0.15, 0.2) is 5.65 Å². The van der Waals surface area contributed by atoms with Gasteiger partial charge in [-0.1, -0.05) is 0 Å². The van der Waals surface area contributed by atoms with Crippen LogP contribution in [0, 0.1) is 0 Å². The van der Waals surface area contributed by atoms with E-state index < -0.39 is 5.60 Å². The third kappa shape index (κ3) is 3.76. The molecule has 1 fully saturated rings. The Kier molecular flexibility index (Phi) is 5.35. The first-order valence-corrected chi connectivity index (χ1v) is 10.3. The van der Waals surface area contributed by atoms with Crippen molar-refractivity contribution in [1.29, 1.82) is 0 Å². The summed E-state index contributed by atoms with van der Waals surface area (Å²) in [5.41, 5.74) is 0.178. The maximum atomic E-state index is 12.6. The van der Waals surface area contributed by atoms with E-state index in [9.17, 15) is 4.79 Å². The minimum atomic E-state index is -0.514. The lowest BCUT2D eigenvalue weighted by molar-refractivity contribution is 0.0186. The Morgan fingerprint density at radius 3 is 2.81 bits per heavy atom. The van der Waals surface area contributed by atoms with E-state index in [4.69, 9.17) is 16.3 Å². The van der Waals surface area contributed by atoms with Crippen LogP contribution in [0.1, 0.15) is 46.6 Å². The number of amides is 1. The van der Waals surface area contributed by atoms with Crippen LogP contribution in [0.25, 0.3) is 11.0 Å². The molecule has 3 rings (SSSR count). The average Bonchev–Trinajstić information content (AvgIpc) is 3.18. The fourth-order valence-corrected chi connectivity index (χ4v) is 4.09. The maximum Gasteiger partial charge on any atom is 0.410 e. The van der Waals surface area contributed by atoms with E-state index >= 15 is 0 Å². The molecule has 1 aliphatic heterocycles. The Labute approximate surface area is 162 Å². The molecular weight excluding hydrogens is 374 g/mol. The summed E-state index contributed by atoms with van der Waals surface area (Å²) in [6.45, 7) is 8.37. The largest absolute Gasteiger partial charge is 0.444 e. The predicted octanol–water partition coefficient (Wildman–Crippen LogP) is 4.16. The molecule has 2 aromatic heterocycles. The van der Waals surface area contributed by atoms with Crippen molar-refractivity contribution in [3.05, 3.63) is 11.5 Å². The molecule has 26 heavy (non-hydrogen) atoms. The van der Waals surface area contributed by atoms with Crippen LogP contribution in [0.3, 0.4) is 0 Å². The highest BCUT2D eigenvalue weighted by atomic mass is 35.5. The zero-order chi connectivity index (χ0) is 19.1. The minimum Gasteiger partial charge on any atom is -0.444 e. The van der Waals surface area contributed by atoms with Gasteiger partial charge in [0.25, 0.3) is 0 Å². The second kappa shape index (κ2) is 7.23. The maximum absolute atomic E-state index is 12.6. The Bertz CT molecular complexity index is 819. The first kappa shape index (κ1) is 19.2. The quantitative estimate of drug-likeness (QED) is 0.439. The fourth-order valence-electron chi connectivity index (χ4n) is 3.33. The van der Waals surface area contributed by atoms with Crippen molar-refractivity contribution in [2.24, 2.45) is 0 Å². The van der Waals surface area contributed by atoms with Gasteiger partial charge < -0.3 is 9.64 Å². The molecule has 3 heterocycles. The number of carbonyl (C=O) groups is 1. The summed E-state index contributed by atoms with van der Waals surface area (Å²) < 4.78 is 7.41. The van der Waals surface area contributed by atoms with Gasteiger partial charge in [-0.05, 0) is 58.4 Å². The van der Waals surface area contributed by atoms with E-state index in [1.807, 2.05) is 36.6 Å². The molecule has 9 heteroatoms. The molecule has 142 valence electrons. The number of hydrogen-bond donors (Lipinski definition) is 0. The SMILES string of the molecule is CSc1nc(Cl)nc2c1cnn2[C@@H](C)[C@@H]1CCCN1C(=O)OC(C)(C)C. The molecular formula is C17H24ClN5O2S. The lowest BCUT2D eigenvalue weighted by atomic mass is 10.1. The summed E-state index contributed by atoms with van der Waals surface area (Å²) in [4.78, 5) is 23.0. The molecule has 0 N–H and O–H groups in total. The number of ether oxygens (including phenoxy) is 1. The van der Waals surface area contributed by atoms with Crippen LogP contribution < -0.4 is 0 Å². The highest BCUT2D eigenvalue weighted by Gasteiger charge is 2.37. The van der Waals surface area contributed by atoms with Crippen molar-refractivity contribution in [3.8, 4) is 0 Å². The van der Waals surface area contributed by atoms with Crippen molar-refractivity contribution >= 4 is 40.5 Å². The number of nitrogens with zero attached hydrogens (tertiary/aromatic N) is 5. The summed E-state index contributed by atoms with van der Waals surface area (Å²) in [6, 6.07) is -0.0531. The second-order valence-electron chi connectivity index (χ2n) is 7.45. The van der Waals surface area contributed by atoms with Gasteiger partial charge >= 0.3 is 6.09 Å². The lowest BCUT2D eigenvalue weighted by Crippen LogP contribution is -2.43. The molecule has 1 aliphatic rings. The molecule has 2 atom stereocenters. The summed E-state index contributed by atoms with van der Waals surface area (Å²) in [5, 5.41) is 6.39. The first-order chi connectivity index (χ1) is 12.2. The third-order valence-corrected chi connectivity index (χ3v) is 5.32. The minimum absolute atomic E-state index is 0.000537. The van der Waals surface area contributed by atoms with E-state index in [-0.39, 0.29) is 23.5 Å². The molecule has 7 nitrogen and oxygen atoms in total. The fraction of sp³-hybridized carbons (Fsp3) is 0.647. The number of thioether (sulfide) groups is 1. The van der Waals surface area contributed by atoms with Crippen molar-refractivity contribution in [2.45, 2.75) is 63.2 Å². The summed E-state index contributed by atoms with van der Waals surface area (Å²) in [5.74, 6) is 0. The molecule has 1 saturated heterocycles. The van der Waals surface area contributed by atoms with Crippen LogP contribution in [0.4, 0.5) is 4.79 Å². The number of carbonyl (C=O) groups excluding carboxylic acids is 1. The van der Waals surface area contributed by atoms with Gasteiger partial charge in [-0.15, -0.1) is 11.8 Å². The summed E-state index contributed by atoms with van der Waals surface area (Å²) in [6.07, 6.45) is 5.27. The predicted molar refractivity (Wildman–Crippen MR) is 103 cm³/mol. The molecule has 2 aromatic rings. The van der Waals surface area contributed by atoms with Gasteiger partial charge in [-0.25, -0.2) is 14.5 Å². The molecule has 0 bridgehead atoms. The van der Waals surface area contributed by atoms with Crippen molar-refractivity contribution < 1.29 is 9.53 Å². The van der Waals surface area contributed by atoms with E-state index in [0.29, 0.717) is 12.2 Å². The highest BCUT2D eigenvalue weighted by Crippen LogP contribution is 2.32. The van der Waals surface area contributed by atoms with Gasteiger partial charge in [-0.3, -0.25) is 0 Å². The van der Waals surface area contributed by atoms with E-state index in [2.05, 4.69) is 22.0 Å². The Morgan fingerprint density at radius 2 is 2.15 bits per heavy atom. The molecule has 0 unspecified atom stereocenters. The number of hydrogen-bond acceptors (Lipinski definition) is 6. The van der Waals surface area contributed by atoms with Crippen molar-refractivity contribution in [3.63, 3.8) is 0 Å². The monoisotopic (exact) mass is 397 g/mol. The number of aromatic nitrogens is 4. The van der Waals surface area contributed by atoms with Crippen LogP contribution in [0.5, 0.6) is 0 Å². The average molecular weight is 398 g/mol.